The Morgan fingerprint density at radius 2 is 1.06 bits per heavy atom. The third-order valence-corrected chi connectivity index (χ3v) is 16.5. The number of carbonyl (C=O) groups is 10. The van der Waals surface area contributed by atoms with Crippen LogP contribution in [0.15, 0.2) is 145 Å². The van der Waals surface area contributed by atoms with E-state index in [1.807, 2.05) is 68.4 Å². The molecule has 6 aromatic rings. The average molecular weight is 1410 g/mol. The fourth-order valence-corrected chi connectivity index (χ4v) is 11.4. The second-order valence-corrected chi connectivity index (χ2v) is 25.4. The van der Waals surface area contributed by atoms with Gasteiger partial charge in [-0.1, -0.05) is 131 Å². The number of aromatic hydroxyl groups is 1. The number of aliphatic hydroxyl groups excluding tert-OH is 1. The number of benzene rings is 5. The summed E-state index contributed by atoms with van der Waals surface area (Å²) in [5.41, 5.74) is 20.3. The number of alkyl carbamates (subject to hydrolysis) is 1. The second-order valence-electron chi connectivity index (χ2n) is 25.4. The summed E-state index contributed by atoms with van der Waals surface area (Å²) in [6.07, 6.45) is 1.20. The average Bonchev–Trinajstić information content (AvgIpc) is 1.75. The van der Waals surface area contributed by atoms with Crippen molar-refractivity contribution in [3.63, 3.8) is 0 Å². The molecule has 28 nitrogen and oxygen atoms in total. The Bertz CT molecular complexity index is 3760. The molecule has 101 heavy (non-hydrogen) atoms. The number of phenols is 1. The number of fused-ring (bicyclic) bond motifs is 1. The van der Waals surface area contributed by atoms with Gasteiger partial charge in [-0.25, -0.2) is 4.79 Å². The molecule has 1 aromatic heterocycles. The van der Waals surface area contributed by atoms with E-state index in [1.54, 1.807) is 74.6 Å². The molecule has 542 valence electrons. The SMILES string of the molecule is CC(C)C[C@H](NC(=O)[C@@H](CC(C)C)NC(=O)[C@H](Cc1ccc(O)cc1)NC(=O)[C@H](CO)NC(=O)[C@H](Cc1c[nH]c2ccccc12)NC(=O)[C@H](Cc1ccc(OCc2ccccc2)cc1)NC(=O)OCc1ccccc1)C(=O)N[C@@H](CCCN=C(N)N)C(=O)N1CCC[C@H]1C(=O)NCC(N)=O.Cl. The quantitative estimate of drug-likeness (QED) is 0.0151. The summed E-state index contributed by atoms with van der Waals surface area (Å²) in [5, 5.41) is 43.3. The summed E-state index contributed by atoms with van der Waals surface area (Å²) in [6.45, 7) is 6.16. The number of H-pyrrole nitrogens is 1. The number of nitrogens with one attached hydrogen (secondary N) is 9. The molecule has 0 aliphatic carbocycles. The number of carbonyl (C=O) groups excluding carboxylic acids is 10. The van der Waals surface area contributed by atoms with Gasteiger partial charge in [0, 0.05) is 49.5 Å². The maximum absolute atomic E-state index is 14.9. The molecule has 1 aliphatic rings. The molecule has 2 heterocycles. The molecule has 1 fully saturated rings. The highest BCUT2D eigenvalue weighted by Gasteiger charge is 2.40. The second kappa shape index (κ2) is 39.7. The minimum Gasteiger partial charge on any atom is -0.508 e. The summed E-state index contributed by atoms with van der Waals surface area (Å²) < 4.78 is 11.5. The minimum absolute atomic E-state index is 0. The van der Waals surface area contributed by atoms with Crippen LogP contribution in [0.3, 0.4) is 0 Å². The predicted molar refractivity (Wildman–Crippen MR) is 380 cm³/mol. The van der Waals surface area contributed by atoms with Gasteiger partial charge in [0.05, 0.1) is 13.2 Å². The highest BCUT2D eigenvalue weighted by atomic mass is 35.5. The first kappa shape index (κ1) is 79.2. The molecule has 0 saturated carbocycles. The first-order valence-electron chi connectivity index (χ1n) is 33.3. The van der Waals surface area contributed by atoms with E-state index in [0.717, 1.165) is 5.56 Å². The molecule has 0 bridgehead atoms. The number of ether oxygens (including phenoxy) is 2. The fraction of sp³-hybridized carbons (Fsp3) is 0.403. The molecule has 8 atom stereocenters. The van der Waals surface area contributed by atoms with Gasteiger partial charge in [-0.15, -0.1) is 12.4 Å². The first-order chi connectivity index (χ1) is 47.9. The molecule has 0 spiro atoms. The Morgan fingerprint density at radius 3 is 1.61 bits per heavy atom. The zero-order valence-electron chi connectivity index (χ0n) is 57.0. The highest BCUT2D eigenvalue weighted by Crippen LogP contribution is 2.23. The zero-order valence-corrected chi connectivity index (χ0v) is 57.8. The Kier molecular flexibility index (Phi) is 31.2. The number of hydrogen-bond donors (Lipinski definition) is 14. The van der Waals surface area contributed by atoms with Crippen molar-refractivity contribution in [2.75, 3.05) is 26.2 Å². The zero-order chi connectivity index (χ0) is 72.3. The third kappa shape index (κ3) is 25.5. The van der Waals surface area contributed by atoms with Gasteiger partial charge in [0.2, 0.25) is 53.2 Å². The summed E-state index contributed by atoms with van der Waals surface area (Å²) >= 11 is 0. The number of rotatable bonds is 37. The van der Waals surface area contributed by atoms with Gasteiger partial charge in [-0.05, 0) is 109 Å². The monoisotopic (exact) mass is 1410 g/mol. The van der Waals surface area contributed by atoms with E-state index in [1.165, 1.54) is 29.2 Å². The number of aromatic amines is 1. The fourth-order valence-electron chi connectivity index (χ4n) is 11.4. The van der Waals surface area contributed by atoms with Gasteiger partial charge in [0.1, 0.15) is 73.0 Å². The van der Waals surface area contributed by atoms with E-state index < -0.39 is 121 Å². The van der Waals surface area contributed by atoms with Crippen molar-refractivity contribution in [1.29, 1.82) is 0 Å². The number of likely N-dealkylation sites (tertiary alicyclic amines) is 1. The largest absolute Gasteiger partial charge is 0.508 e. The first-order valence-corrected chi connectivity index (χ1v) is 33.3. The van der Waals surface area contributed by atoms with Crippen molar-refractivity contribution < 1.29 is 67.6 Å². The normalized spacial score (nSPS) is 14.6. The molecule has 0 unspecified atom stereocenters. The molecule has 7 rings (SSSR count). The molecule has 10 amide bonds. The van der Waals surface area contributed by atoms with Crippen LogP contribution in [-0.2, 0) is 80.4 Å². The lowest BCUT2D eigenvalue weighted by atomic mass is 9.98. The van der Waals surface area contributed by atoms with Crippen LogP contribution in [0.4, 0.5) is 4.79 Å². The highest BCUT2D eigenvalue weighted by molar-refractivity contribution is 5.99. The number of nitrogens with zero attached hydrogens (tertiary/aromatic N) is 2. The number of guanidine groups is 1. The maximum Gasteiger partial charge on any atom is 0.408 e. The molecule has 0 radical (unpaired) electrons. The molecule has 1 saturated heterocycles. The van der Waals surface area contributed by atoms with E-state index in [0.29, 0.717) is 51.9 Å². The standard InChI is InChI=1S/C72H92N14O14.ClH/c1-43(2)33-55(63(90)79-54(21-13-31-76-71(74)75)70(97)86-32-14-22-61(86)69(96)78-39-62(73)89)80-64(91)56(34-44(3)4)81-65(92)57(35-45-23-27-50(88)28-24-45)82-68(95)60(40-87)84-67(94)59(37-49-38-77-53-20-12-11-19-52(49)53)83-66(93)58(85-72(98)100-42-48-17-9-6-10-18-48)36-46-25-29-51(30-26-46)99-41-47-15-7-5-8-16-47;/h5-12,15-20,23-30,38,43-44,54-61,77,87-88H,13-14,21-22,31-37,39-42H2,1-4H3,(H2,73,89)(H,78,96)(H,79,90)(H,80,91)(H,81,92)(H,82,95)(H,83,93)(H,84,94)(H,85,98)(H4,74,75,76);1H/t54-,55-,56+,57-,58-,59-,60-,61-;/m0./s1. The van der Waals surface area contributed by atoms with Gasteiger partial charge in [-0.2, -0.15) is 0 Å². The van der Waals surface area contributed by atoms with Crippen molar-refractivity contribution >= 4 is 88.5 Å². The molecule has 17 N–H and O–H groups in total. The number of nitrogens with two attached hydrogens (primary N) is 3. The van der Waals surface area contributed by atoms with E-state index in [4.69, 9.17) is 26.7 Å². The number of aliphatic hydroxyl groups is 1. The Morgan fingerprint density at radius 1 is 0.574 bits per heavy atom. The summed E-state index contributed by atoms with van der Waals surface area (Å²) in [7, 11) is 0. The number of aromatic nitrogens is 1. The lowest BCUT2D eigenvalue weighted by Gasteiger charge is -2.31. The van der Waals surface area contributed by atoms with Crippen LogP contribution >= 0.6 is 12.4 Å². The number of primary amides is 1. The lowest BCUT2D eigenvalue weighted by molar-refractivity contribution is -0.142. The van der Waals surface area contributed by atoms with Crippen LogP contribution in [0.25, 0.3) is 10.9 Å². The van der Waals surface area contributed by atoms with Crippen molar-refractivity contribution in [3.8, 4) is 11.5 Å². The number of phenolic OH excluding ortho intramolecular Hbond substituents is 1. The molecular formula is C72H93ClN14O14. The molecule has 29 heteroatoms. The maximum atomic E-state index is 14.9. The van der Waals surface area contributed by atoms with Gasteiger partial charge in [0.15, 0.2) is 5.96 Å². The summed E-state index contributed by atoms with van der Waals surface area (Å²) in [6, 6.07) is 27.3. The van der Waals surface area contributed by atoms with Crippen LogP contribution < -0.4 is 64.5 Å². The van der Waals surface area contributed by atoms with Crippen LogP contribution in [0.1, 0.15) is 94.0 Å². The van der Waals surface area contributed by atoms with Gasteiger partial charge in [-0.3, -0.25) is 48.1 Å². The van der Waals surface area contributed by atoms with E-state index in [2.05, 4.69) is 52.5 Å². The van der Waals surface area contributed by atoms with Crippen LogP contribution in [0.5, 0.6) is 11.5 Å². The van der Waals surface area contributed by atoms with Gasteiger partial charge >= 0.3 is 6.09 Å². The number of para-hydroxylation sites is 1. The number of amides is 10. The van der Waals surface area contributed by atoms with Crippen molar-refractivity contribution in [2.24, 2.45) is 34.0 Å². The minimum atomic E-state index is -1.78. The van der Waals surface area contributed by atoms with Crippen molar-refractivity contribution in [2.45, 2.75) is 147 Å². The third-order valence-electron chi connectivity index (χ3n) is 16.5. The Balaban J connectivity index is 0.0000161. The van der Waals surface area contributed by atoms with Crippen LogP contribution in [0, 0.1) is 11.8 Å². The Hall–Kier alpha value is -10.7. The smallest absolute Gasteiger partial charge is 0.408 e. The number of hydrogen-bond acceptors (Lipinski definition) is 15. The van der Waals surface area contributed by atoms with E-state index in [9.17, 15) is 58.2 Å². The van der Waals surface area contributed by atoms with Crippen molar-refractivity contribution in [1.82, 2.24) is 52.4 Å². The van der Waals surface area contributed by atoms with E-state index in [-0.39, 0.29) is 107 Å². The molecular weight excluding hydrogens is 1320 g/mol. The van der Waals surface area contributed by atoms with Gasteiger partial charge < -0.3 is 89.3 Å². The number of aliphatic imine (C=N–C) groups is 1. The van der Waals surface area contributed by atoms with Gasteiger partial charge in [0.25, 0.3) is 0 Å². The molecule has 5 aromatic carbocycles. The van der Waals surface area contributed by atoms with Crippen LogP contribution in [0.2, 0.25) is 0 Å². The lowest BCUT2D eigenvalue weighted by Crippen LogP contribution is -2.61. The predicted octanol–water partition coefficient (Wildman–Crippen LogP) is 2.84. The van der Waals surface area contributed by atoms with E-state index >= 15 is 0 Å². The Labute approximate surface area is 592 Å². The summed E-state index contributed by atoms with van der Waals surface area (Å²) in [4.78, 5) is 149. The molecule has 1 aliphatic heterocycles. The summed E-state index contributed by atoms with van der Waals surface area (Å²) in [5.74, 6) is -7.50. The number of halogens is 1. The topological polar surface area (TPSA) is 435 Å². The van der Waals surface area contributed by atoms with Crippen LogP contribution in [-0.4, -0.2) is 160 Å². The van der Waals surface area contributed by atoms with Crippen molar-refractivity contribution in [3.05, 3.63) is 167 Å².